The smallest absolute Gasteiger partial charge is 0.274 e. The van der Waals surface area contributed by atoms with Crippen molar-refractivity contribution < 1.29 is 9.53 Å². The molecule has 1 fully saturated rings. The van der Waals surface area contributed by atoms with E-state index in [1.54, 1.807) is 11.3 Å². The minimum absolute atomic E-state index is 0.0936. The second-order valence-corrected chi connectivity index (χ2v) is 7.59. The Kier molecular flexibility index (Phi) is 5.53. The molecule has 1 aliphatic heterocycles. The predicted octanol–water partition coefficient (Wildman–Crippen LogP) is 3.36. The molecule has 6 nitrogen and oxygen atoms in total. The molecule has 3 aromatic rings. The van der Waals surface area contributed by atoms with E-state index in [1.807, 2.05) is 46.7 Å². The Hall–Kier alpha value is -2.93. The Bertz CT molecular complexity index is 986. The molecule has 1 aliphatic rings. The highest BCUT2D eigenvalue weighted by Gasteiger charge is 2.32. The van der Waals surface area contributed by atoms with Gasteiger partial charge in [-0.05, 0) is 42.5 Å². The lowest BCUT2D eigenvalue weighted by molar-refractivity contribution is 0.0728. The topological polar surface area (TPSA) is 64.4 Å². The summed E-state index contributed by atoms with van der Waals surface area (Å²) < 4.78 is 6.94. The number of aromatic nitrogens is 2. The van der Waals surface area contributed by atoms with Gasteiger partial charge in [-0.15, -0.1) is 11.3 Å². The van der Waals surface area contributed by atoms with E-state index < -0.39 is 0 Å². The molecule has 2 aromatic heterocycles. The molecule has 0 radical (unpaired) electrons. The summed E-state index contributed by atoms with van der Waals surface area (Å²) >= 11 is 1.67. The molecule has 1 aromatic carbocycles. The third-order valence-electron chi connectivity index (χ3n) is 4.79. The highest BCUT2D eigenvalue weighted by Crippen LogP contribution is 2.35. The maximum Gasteiger partial charge on any atom is 0.274 e. The predicted molar refractivity (Wildman–Crippen MR) is 108 cm³/mol. The molecule has 1 saturated heterocycles. The zero-order valence-electron chi connectivity index (χ0n) is 15.4. The average molecular weight is 395 g/mol. The first-order chi connectivity index (χ1) is 13.7. The van der Waals surface area contributed by atoms with Crippen LogP contribution in [-0.4, -0.2) is 33.7 Å². The molecule has 1 atom stereocenters. The van der Waals surface area contributed by atoms with Crippen LogP contribution < -0.4 is 10.3 Å². The quantitative estimate of drug-likeness (QED) is 0.642. The summed E-state index contributed by atoms with van der Waals surface area (Å²) in [6, 6.07) is 16.5. The molecule has 0 bridgehead atoms. The van der Waals surface area contributed by atoms with Gasteiger partial charge >= 0.3 is 0 Å². The van der Waals surface area contributed by atoms with Crippen molar-refractivity contribution in [3.05, 3.63) is 80.9 Å². The average Bonchev–Trinajstić information content (AvgIpc) is 3.41. The van der Waals surface area contributed by atoms with Crippen LogP contribution in [-0.2, 0) is 6.54 Å². The van der Waals surface area contributed by atoms with Gasteiger partial charge in [0.1, 0.15) is 18.1 Å². The third-order valence-corrected chi connectivity index (χ3v) is 5.76. The Labute approximate surface area is 167 Å². The van der Waals surface area contributed by atoms with E-state index >= 15 is 0 Å². The first kappa shape index (κ1) is 18.4. The highest BCUT2D eigenvalue weighted by molar-refractivity contribution is 7.10. The molecule has 0 spiro atoms. The summed E-state index contributed by atoms with van der Waals surface area (Å²) in [5.74, 6) is 0.604. The zero-order chi connectivity index (χ0) is 19.3. The van der Waals surface area contributed by atoms with Crippen LogP contribution in [0, 0.1) is 0 Å². The summed E-state index contributed by atoms with van der Waals surface area (Å²) in [5.41, 5.74) is 0.0483. The number of para-hydroxylation sites is 1. The van der Waals surface area contributed by atoms with Gasteiger partial charge in [-0.2, -0.15) is 5.10 Å². The fourth-order valence-corrected chi connectivity index (χ4v) is 4.30. The number of nitrogens with zero attached hydrogens (tertiary/aromatic N) is 3. The minimum atomic E-state index is -0.246. The third kappa shape index (κ3) is 3.99. The van der Waals surface area contributed by atoms with E-state index in [9.17, 15) is 9.59 Å². The molecule has 4 rings (SSSR count). The molecule has 3 heterocycles. The van der Waals surface area contributed by atoms with Crippen LogP contribution in [0.2, 0.25) is 0 Å². The van der Waals surface area contributed by atoms with Gasteiger partial charge in [-0.25, -0.2) is 4.68 Å². The lowest BCUT2D eigenvalue weighted by Gasteiger charge is -2.23. The standard InChI is InChI=1S/C21H21N3O3S/c25-20-11-10-17(22-24(20)13-14-27-16-6-2-1-3-7-16)21(26)23-12-4-8-18(23)19-9-5-15-28-19/h1-3,5-7,9-11,15,18H,4,8,12-14H2/t18-/m0/s1. The van der Waals surface area contributed by atoms with Gasteiger partial charge in [0.2, 0.25) is 0 Å². The van der Waals surface area contributed by atoms with Crippen LogP contribution in [0.25, 0.3) is 0 Å². The number of hydrogen-bond acceptors (Lipinski definition) is 5. The van der Waals surface area contributed by atoms with Gasteiger partial charge < -0.3 is 9.64 Å². The SMILES string of the molecule is O=C(c1ccc(=O)n(CCOc2ccccc2)n1)N1CCC[C@H]1c1cccs1. The van der Waals surface area contributed by atoms with Crippen molar-refractivity contribution in [2.45, 2.75) is 25.4 Å². The van der Waals surface area contributed by atoms with Crippen LogP contribution >= 0.6 is 11.3 Å². The Morgan fingerprint density at radius 1 is 1.14 bits per heavy atom. The number of carbonyl (C=O) groups is 1. The van der Waals surface area contributed by atoms with E-state index in [0.29, 0.717) is 18.8 Å². The van der Waals surface area contributed by atoms with Crippen molar-refractivity contribution >= 4 is 17.2 Å². The van der Waals surface area contributed by atoms with Crippen molar-refractivity contribution in [2.24, 2.45) is 0 Å². The van der Waals surface area contributed by atoms with Crippen LogP contribution in [0.1, 0.15) is 34.2 Å². The lowest BCUT2D eigenvalue weighted by Crippen LogP contribution is -2.34. The van der Waals surface area contributed by atoms with Gasteiger partial charge in [0.05, 0.1) is 12.6 Å². The number of amides is 1. The number of ether oxygens (including phenoxy) is 1. The number of rotatable bonds is 6. The molecule has 28 heavy (non-hydrogen) atoms. The van der Waals surface area contributed by atoms with Gasteiger partial charge in [-0.1, -0.05) is 24.3 Å². The number of thiophene rings is 1. The molecule has 0 unspecified atom stereocenters. The van der Waals surface area contributed by atoms with E-state index in [-0.39, 0.29) is 24.1 Å². The second kappa shape index (κ2) is 8.39. The van der Waals surface area contributed by atoms with Crippen molar-refractivity contribution in [1.29, 1.82) is 0 Å². The van der Waals surface area contributed by atoms with Crippen LogP contribution in [0.5, 0.6) is 5.75 Å². The Balaban J connectivity index is 1.47. The van der Waals surface area contributed by atoms with Gasteiger partial charge in [0.25, 0.3) is 11.5 Å². The van der Waals surface area contributed by atoms with Crippen molar-refractivity contribution in [1.82, 2.24) is 14.7 Å². The lowest BCUT2D eigenvalue weighted by atomic mass is 10.2. The molecular weight excluding hydrogens is 374 g/mol. The number of carbonyl (C=O) groups excluding carboxylic acids is 1. The highest BCUT2D eigenvalue weighted by atomic mass is 32.1. The van der Waals surface area contributed by atoms with Gasteiger partial charge in [0, 0.05) is 17.5 Å². The monoisotopic (exact) mass is 395 g/mol. The summed E-state index contributed by atoms with van der Waals surface area (Å²) in [5, 5.41) is 6.33. The molecule has 1 amide bonds. The minimum Gasteiger partial charge on any atom is -0.492 e. The van der Waals surface area contributed by atoms with Crippen LogP contribution in [0.3, 0.4) is 0 Å². The van der Waals surface area contributed by atoms with Crippen molar-refractivity contribution in [2.75, 3.05) is 13.2 Å². The van der Waals surface area contributed by atoms with Crippen molar-refractivity contribution in [3.63, 3.8) is 0 Å². The molecule has 0 N–H and O–H groups in total. The zero-order valence-corrected chi connectivity index (χ0v) is 16.2. The fourth-order valence-electron chi connectivity index (χ4n) is 3.42. The molecular formula is C21H21N3O3S. The van der Waals surface area contributed by atoms with Gasteiger partial charge in [0.15, 0.2) is 0 Å². The van der Waals surface area contributed by atoms with E-state index in [4.69, 9.17) is 4.74 Å². The summed E-state index contributed by atoms with van der Waals surface area (Å²) in [6.07, 6.45) is 1.93. The number of hydrogen-bond donors (Lipinski definition) is 0. The number of benzene rings is 1. The summed E-state index contributed by atoms with van der Waals surface area (Å²) in [6.45, 7) is 1.29. The van der Waals surface area contributed by atoms with Crippen LogP contribution in [0.15, 0.2) is 64.8 Å². The van der Waals surface area contributed by atoms with E-state index in [1.165, 1.54) is 21.7 Å². The van der Waals surface area contributed by atoms with Crippen LogP contribution in [0.4, 0.5) is 0 Å². The normalized spacial score (nSPS) is 16.3. The number of likely N-dealkylation sites (tertiary alicyclic amines) is 1. The van der Waals surface area contributed by atoms with Crippen molar-refractivity contribution in [3.8, 4) is 5.75 Å². The molecule has 0 saturated carbocycles. The Morgan fingerprint density at radius 2 is 2.00 bits per heavy atom. The summed E-state index contributed by atoms with van der Waals surface area (Å²) in [4.78, 5) is 28.2. The first-order valence-electron chi connectivity index (χ1n) is 9.33. The second-order valence-electron chi connectivity index (χ2n) is 6.61. The van der Waals surface area contributed by atoms with E-state index in [0.717, 1.165) is 18.6 Å². The first-order valence-corrected chi connectivity index (χ1v) is 10.2. The summed E-state index contributed by atoms with van der Waals surface area (Å²) in [7, 11) is 0. The molecule has 7 heteroatoms. The molecule has 144 valence electrons. The Morgan fingerprint density at radius 3 is 2.79 bits per heavy atom. The molecule has 0 aliphatic carbocycles. The fraction of sp³-hybridized carbons (Fsp3) is 0.286. The maximum absolute atomic E-state index is 13.0. The largest absolute Gasteiger partial charge is 0.492 e. The van der Waals surface area contributed by atoms with Gasteiger partial charge in [-0.3, -0.25) is 9.59 Å². The van der Waals surface area contributed by atoms with E-state index in [2.05, 4.69) is 11.2 Å². The maximum atomic E-state index is 13.0.